The number of hydrazine groups is 1. The standard InChI is InChI=1S/C10H11FIN3O/c11-8-5-6(12)1-4-9(8)14-10(16)15(13)7-2-3-7/h1,4-5,7H,2-3,13H2,(H,14,16). The smallest absolute Gasteiger partial charge is 0.304 e. The summed E-state index contributed by atoms with van der Waals surface area (Å²) < 4.78 is 14.2. The minimum atomic E-state index is -0.470. The third-order valence-corrected chi connectivity index (χ3v) is 3.02. The molecular weight excluding hydrogens is 324 g/mol. The van der Waals surface area contributed by atoms with Crippen LogP contribution in [-0.4, -0.2) is 17.1 Å². The van der Waals surface area contributed by atoms with E-state index >= 15 is 0 Å². The van der Waals surface area contributed by atoms with E-state index < -0.39 is 11.8 Å². The molecule has 0 aromatic heterocycles. The molecule has 1 aromatic rings. The Morgan fingerprint density at radius 3 is 2.81 bits per heavy atom. The summed E-state index contributed by atoms with van der Waals surface area (Å²) in [4.78, 5) is 11.6. The summed E-state index contributed by atoms with van der Waals surface area (Å²) in [5.41, 5.74) is 0.154. The minimum Gasteiger partial charge on any atom is -0.304 e. The van der Waals surface area contributed by atoms with Crippen LogP contribution in [0, 0.1) is 9.39 Å². The molecule has 0 bridgehead atoms. The van der Waals surface area contributed by atoms with Crippen molar-refractivity contribution in [2.75, 3.05) is 5.32 Å². The molecule has 1 fully saturated rings. The van der Waals surface area contributed by atoms with Gasteiger partial charge in [0.15, 0.2) is 0 Å². The van der Waals surface area contributed by atoms with E-state index in [9.17, 15) is 9.18 Å². The summed E-state index contributed by atoms with van der Waals surface area (Å²) in [6.45, 7) is 0. The zero-order valence-corrected chi connectivity index (χ0v) is 10.6. The van der Waals surface area contributed by atoms with Gasteiger partial charge in [-0.1, -0.05) is 0 Å². The van der Waals surface area contributed by atoms with Gasteiger partial charge in [0, 0.05) is 3.57 Å². The molecule has 0 saturated heterocycles. The molecule has 2 rings (SSSR count). The van der Waals surface area contributed by atoms with Crippen LogP contribution in [0.4, 0.5) is 14.9 Å². The maximum Gasteiger partial charge on any atom is 0.336 e. The normalized spacial score (nSPS) is 14.7. The van der Waals surface area contributed by atoms with E-state index in [1.54, 1.807) is 6.07 Å². The maximum atomic E-state index is 13.4. The summed E-state index contributed by atoms with van der Waals surface area (Å²) in [5, 5.41) is 3.56. The van der Waals surface area contributed by atoms with Crippen LogP contribution in [-0.2, 0) is 0 Å². The van der Waals surface area contributed by atoms with Crippen molar-refractivity contribution in [2.24, 2.45) is 5.84 Å². The number of hydrogen-bond acceptors (Lipinski definition) is 2. The number of urea groups is 1. The fourth-order valence-electron chi connectivity index (χ4n) is 1.29. The zero-order chi connectivity index (χ0) is 11.7. The highest BCUT2D eigenvalue weighted by molar-refractivity contribution is 14.1. The monoisotopic (exact) mass is 335 g/mol. The lowest BCUT2D eigenvalue weighted by Crippen LogP contribution is -2.42. The van der Waals surface area contributed by atoms with Crippen LogP contribution in [0.25, 0.3) is 0 Å². The molecule has 1 aliphatic rings. The van der Waals surface area contributed by atoms with Gasteiger partial charge in [0.25, 0.3) is 0 Å². The number of halogens is 2. The number of nitrogens with one attached hydrogen (secondary N) is 1. The summed E-state index contributed by atoms with van der Waals surface area (Å²) in [6, 6.07) is 4.23. The molecule has 0 unspecified atom stereocenters. The zero-order valence-electron chi connectivity index (χ0n) is 8.41. The predicted molar refractivity (Wildman–Crippen MR) is 67.2 cm³/mol. The fraction of sp³-hybridized carbons (Fsp3) is 0.300. The van der Waals surface area contributed by atoms with E-state index in [1.165, 1.54) is 12.1 Å². The number of rotatable bonds is 2. The van der Waals surface area contributed by atoms with Crippen LogP contribution in [0.5, 0.6) is 0 Å². The molecule has 4 nitrogen and oxygen atoms in total. The molecule has 2 amide bonds. The average molecular weight is 335 g/mol. The second kappa shape index (κ2) is 4.54. The number of nitrogens with zero attached hydrogens (tertiary/aromatic N) is 1. The molecule has 1 saturated carbocycles. The van der Waals surface area contributed by atoms with Crippen LogP contribution in [0.3, 0.4) is 0 Å². The average Bonchev–Trinajstić information content (AvgIpc) is 3.04. The first-order valence-electron chi connectivity index (χ1n) is 4.88. The number of nitrogens with two attached hydrogens (primary N) is 1. The second-order valence-corrected chi connectivity index (χ2v) is 4.94. The minimum absolute atomic E-state index is 0.104. The van der Waals surface area contributed by atoms with E-state index in [0.717, 1.165) is 21.4 Å². The third kappa shape index (κ3) is 2.62. The van der Waals surface area contributed by atoms with Crippen LogP contribution >= 0.6 is 22.6 Å². The topological polar surface area (TPSA) is 58.4 Å². The molecule has 0 spiro atoms. The van der Waals surface area contributed by atoms with Crippen molar-refractivity contribution in [3.8, 4) is 0 Å². The van der Waals surface area contributed by atoms with E-state index in [-0.39, 0.29) is 11.7 Å². The first-order chi connectivity index (χ1) is 7.58. The lowest BCUT2D eigenvalue weighted by Gasteiger charge is -2.16. The summed E-state index contributed by atoms with van der Waals surface area (Å²) in [5.74, 6) is 5.09. The Morgan fingerprint density at radius 2 is 2.25 bits per heavy atom. The summed E-state index contributed by atoms with van der Waals surface area (Å²) >= 11 is 2.00. The summed E-state index contributed by atoms with van der Waals surface area (Å²) in [6.07, 6.45) is 1.83. The number of anilines is 1. The van der Waals surface area contributed by atoms with Gasteiger partial charge in [-0.3, -0.25) is 5.01 Å². The Morgan fingerprint density at radius 1 is 1.56 bits per heavy atom. The van der Waals surface area contributed by atoms with Crippen molar-refractivity contribution >= 4 is 34.3 Å². The van der Waals surface area contributed by atoms with Crippen molar-refractivity contribution in [1.29, 1.82) is 0 Å². The van der Waals surface area contributed by atoms with Gasteiger partial charge in [-0.15, -0.1) is 0 Å². The largest absolute Gasteiger partial charge is 0.336 e. The van der Waals surface area contributed by atoms with Gasteiger partial charge in [0.2, 0.25) is 0 Å². The van der Waals surface area contributed by atoms with E-state index in [1.807, 2.05) is 22.6 Å². The lowest BCUT2D eigenvalue weighted by atomic mass is 10.3. The van der Waals surface area contributed by atoms with Gasteiger partial charge in [0.05, 0.1) is 11.7 Å². The van der Waals surface area contributed by atoms with Gasteiger partial charge >= 0.3 is 6.03 Å². The van der Waals surface area contributed by atoms with Gasteiger partial charge < -0.3 is 5.32 Å². The highest BCUT2D eigenvalue weighted by Gasteiger charge is 2.30. The van der Waals surface area contributed by atoms with Crippen molar-refractivity contribution in [3.63, 3.8) is 0 Å². The first-order valence-corrected chi connectivity index (χ1v) is 5.96. The van der Waals surface area contributed by atoms with E-state index in [2.05, 4.69) is 5.32 Å². The highest BCUT2D eigenvalue weighted by atomic mass is 127. The van der Waals surface area contributed by atoms with Crippen LogP contribution in [0.1, 0.15) is 12.8 Å². The number of carbonyl (C=O) groups excluding carboxylic acids is 1. The molecule has 16 heavy (non-hydrogen) atoms. The third-order valence-electron chi connectivity index (χ3n) is 2.35. The van der Waals surface area contributed by atoms with Crippen molar-refractivity contribution in [1.82, 2.24) is 5.01 Å². The second-order valence-electron chi connectivity index (χ2n) is 3.69. The van der Waals surface area contributed by atoms with Gasteiger partial charge in [-0.05, 0) is 53.6 Å². The van der Waals surface area contributed by atoms with Crippen LogP contribution in [0.2, 0.25) is 0 Å². The molecular formula is C10H11FIN3O. The molecule has 0 heterocycles. The number of amides is 2. The van der Waals surface area contributed by atoms with Crippen molar-refractivity contribution < 1.29 is 9.18 Å². The van der Waals surface area contributed by atoms with Crippen molar-refractivity contribution in [3.05, 3.63) is 27.6 Å². The Balaban J connectivity index is 2.05. The van der Waals surface area contributed by atoms with Gasteiger partial charge in [0.1, 0.15) is 5.82 Å². The number of benzene rings is 1. The molecule has 1 aromatic carbocycles. The molecule has 0 aliphatic heterocycles. The Kier molecular flexibility index (Phi) is 3.29. The van der Waals surface area contributed by atoms with Crippen LogP contribution < -0.4 is 11.2 Å². The number of hydrogen-bond donors (Lipinski definition) is 2. The Hall–Kier alpha value is -0.890. The van der Waals surface area contributed by atoms with Gasteiger partial charge in [-0.25, -0.2) is 15.0 Å². The lowest BCUT2D eigenvalue weighted by molar-refractivity contribution is 0.210. The van der Waals surface area contributed by atoms with Gasteiger partial charge in [-0.2, -0.15) is 0 Å². The van der Waals surface area contributed by atoms with Crippen molar-refractivity contribution in [2.45, 2.75) is 18.9 Å². The Bertz CT molecular complexity index is 423. The maximum absolute atomic E-state index is 13.4. The number of carbonyl (C=O) groups is 1. The molecule has 0 atom stereocenters. The SMILES string of the molecule is NN(C(=O)Nc1ccc(I)cc1F)C1CC1. The molecule has 1 aliphatic carbocycles. The Labute approximate surface area is 106 Å². The summed E-state index contributed by atoms with van der Waals surface area (Å²) in [7, 11) is 0. The first kappa shape index (κ1) is 11.6. The van der Waals surface area contributed by atoms with Crippen LogP contribution in [0.15, 0.2) is 18.2 Å². The molecule has 86 valence electrons. The van der Waals surface area contributed by atoms with E-state index in [4.69, 9.17) is 5.84 Å². The molecule has 3 N–H and O–H groups in total. The predicted octanol–water partition coefficient (Wildman–Crippen LogP) is 2.30. The quantitative estimate of drug-likeness (QED) is 0.377. The fourth-order valence-corrected chi connectivity index (χ4v) is 1.74. The van der Waals surface area contributed by atoms with E-state index in [0.29, 0.717) is 0 Å². The molecule has 6 heteroatoms. The molecule has 0 radical (unpaired) electrons. The highest BCUT2D eigenvalue weighted by Crippen LogP contribution is 2.25.